The second-order valence-electron chi connectivity index (χ2n) is 5.16. The van der Waals surface area contributed by atoms with E-state index in [0.717, 1.165) is 48.9 Å². The first-order valence-corrected chi connectivity index (χ1v) is 6.94. The molecule has 4 nitrogen and oxygen atoms in total. The fourth-order valence-electron chi connectivity index (χ4n) is 2.79. The summed E-state index contributed by atoms with van der Waals surface area (Å²) in [5, 5.41) is 0.999. The van der Waals surface area contributed by atoms with Gasteiger partial charge in [0.25, 0.3) is 0 Å². The van der Waals surface area contributed by atoms with E-state index in [2.05, 4.69) is 9.88 Å². The number of carbonyl (C=O) groups is 1. The van der Waals surface area contributed by atoms with Gasteiger partial charge >= 0.3 is 0 Å². The van der Waals surface area contributed by atoms with Gasteiger partial charge in [0.15, 0.2) is 6.29 Å². The van der Waals surface area contributed by atoms with E-state index in [1.54, 1.807) is 7.11 Å². The number of carbonyl (C=O) groups excluding carboxylic acids is 1. The molecule has 4 heteroatoms. The van der Waals surface area contributed by atoms with Crippen molar-refractivity contribution in [1.29, 1.82) is 0 Å². The normalized spacial score (nSPS) is 19.2. The average Bonchev–Trinajstić information content (AvgIpc) is 2.53. The van der Waals surface area contributed by atoms with Crippen molar-refractivity contribution in [3.8, 4) is 0 Å². The van der Waals surface area contributed by atoms with E-state index in [-0.39, 0.29) is 6.10 Å². The Morgan fingerprint density at radius 1 is 1.40 bits per heavy atom. The Hall–Kier alpha value is -1.94. The van der Waals surface area contributed by atoms with Gasteiger partial charge < -0.3 is 9.64 Å². The third kappa shape index (κ3) is 2.39. The summed E-state index contributed by atoms with van der Waals surface area (Å²) in [6.07, 6.45) is 3.24. The van der Waals surface area contributed by atoms with Crippen molar-refractivity contribution in [3.63, 3.8) is 0 Å². The lowest BCUT2D eigenvalue weighted by molar-refractivity contribution is 0.0890. The van der Waals surface area contributed by atoms with Crippen LogP contribution in [0.2, 0.25) is 0 Å². The number of methoxy groups -OCH3 is 1. The monoisotopic (exact) mass is 270 g/mol. The van der Waals surface area contributed by atoms with Gasteiger partial charge in [0, 0.05) is 25.6 Å². The Morgan fingerprint density at radius 2 is 2.25 bits per heavy atom. The average molecular weight is 270 g/mol. The van der Waals surface area contributed by atoms with Crippen LogP contribution in [-0.4, -0.2) is 37.6 Å². The van der Waals surface area contributed by atoms with Crippen molar-refractivity contribution < 1.29 is 9.53 Å². The first-order chi connectivity index (χ1) is 9.81. The van der Waals surface area contributed by atoms with E-state index in [1.165, 1.54) is 0 Å². The summed E-state index contributed by atoms with van der Waals surface area (Å²) in [5.41, 5.74) is 1.58. The van der Waals surface area contributed by atoms with E-state index < -0.39 is 0 Å². The fraction of sp³-hybridized carbons (Fsp3) is 0.375. The van der Waals surface area contributed by atoms with Crippen LogP contribution >= 0.6 is 0 Å². The highest BCUT2D eigenvalue weighted by atomic mass is 16.5. The molecule has 0 aliphatic carbocycles. The Balaban J connectivity index is 2.02. The van der Waals surface area contributed by atoms with E-state index in [9.17, 15) is 4.79 Å². The lowest BCUT2D eigenvalue weighted by Crippen LogP contribution is -2.40. The summed E-state index contributed by atoms with van der Waals surface area (Å²) in [6, 6.07) is 9.80. The number of benzene rings is 1. The number of rotatable bonds is 3. The highest BCUT2D eigenvalue weighted by Crippen LogP contribution is 2.25. The zero-order valence-corrected chi connectivity index (χ0v) is 11.6. The van der Waals surface area contributed by atoms with E-state index in [1.807, 2.05) is 30.3 Å². The molecule has 2 heterocycles. The highest BCUT2D eigenvalue weighted by Gasteiger charge is 2.22. The first-order valence-electron chi connectivity index (χ1n) is 6.94. The van der Waals surface area contributed by atoms with Crippen LogP contribution in [-0.2, 0) is 4.74 Å². The third-order valence-corrected chi connectivity index (χ3v) is 3.87. The van der Waals surface area contributed by atoms with Gasteiger partial charge in [-0.1, -0.05) is 18.2 Å². The van der Waals surface area contributed by atoms with Crippen molar-refractivity contribution in [3.05, 3.63) is 35.9 Å². The first kappa shape index (κ1) is 13.1. The number of para-hydroxylation sites is 1. The molecular formula is C16H18N2O2. The van der Waals surface area contributed by atoms with Crippen molar-refractivity contribution in [2.24, 2.45) is 0 Å². The molecule has 1 fully saturated rings. The number of nitrogens with zero attached hydrogens (tertiary/aromatic N) is 2. The minimum atomic E-state index is 0.219. The van der Waals surface area contributed by atoms with Gasteiger partial charge in [-0.2, -0.15) is 0 Å². The van der Waals surface area contributed by atoms with Gasteiger partial charge in [0.05, 0.1) is 17.2 Å². The number of fused-ring (bicyclic) bond motifs is 1. The van der Waals surface area contributed by atoms with Crippen molar-refractivity contribution in [2.75, 3.05) is 25.1 Å². The molecule has 0 spiro atoms. The van der Waals surface area contributed by atoms with Crippen LogP contribution in [0.15, 0.2) is 30.3 Å². The molecule has 3 rings (SSSR count). The maximum absolute atomic E-state index is 11.4. The van der Waals surface area contributed by atoms with Gasteiger partial charge in [0.1, 0.15) is 5.82 Å². The number of ether oxygens (including phenoxy) is 1. The lowest BCUT2D eigenvalue weighted by atomic mass is 10.1. The van der Waals surface area contributed by atoms with Crippen LogP contribution in [0.4, 0.5) is 5.82 Å². The molecule has 1 aromatic heterocycles. The minimum Gasteiger partial charge on any atom is -0.380 e. The summed E-state index contributed by atoms with van der Waals surface area (Å²) >= 11 is 0. The molecular weight excluding hydrogens is 252 g/mol. The van der Waals surface area contributed by atoms with Crippen molar-refractivity contribution in [2.45, 2.75) is 18.9 Å². The Bertz CT molecular complexity index is 627. The molecule has 1 saturated heterocycles. The summed E-state index contributed by atoms with van der Waals surface area (Å²) in [5.74, 6) is 0.778. The number of anilines is 1. The predicted molar refractivity (Wildman–Crippen MR) is 79.4 cm³/mol. The van der Waals surface area contributed by atoms with Gasteiger partial charge in [0.2, 0.25) is 0 Å². The third-order valence-electron chi connectivity index (χ3n) is 3.87. The van der Waals surface area contributed by atoms with Crippen LogP contribution in [0.1, 0.15) is 23.2 Å². The number of piperidine rings is 1. The second-order valence-corrected chi connectivity index (χ2v) is 5.16. The van der Waals surface area contributed by atoms with E-state index in [0.29, 0.717) is 5.56 Å². The van der Waals surface area contributed by atoms with Gasteiger partial charge in [-0.25, -0.2) is 4.98 Å². The van der Waals surface area contributed by atoms with Gasteiger partial charge in [-0.05, 0) is 25.0 Å². The number of pyridine rings is 1. The molecule has 0 saturated carbocycles. The van der Waals surface area contributed by atoms with E-state index >= 15 is 0 Å². The van der Waals surface area contributed by atoms with Crippen LogP contribution in [0.3, 0.4) is 0 Å². The standard InChI is InChI=1S/C16H18N2O2/c1-20-14-6-4-8-18(10-14)16-13(11-19)9-12-5-2-3-7-15(12)17-16/h2-3,5,7,9,11,14H,4,6,8,10H2,1H3. The summed E-state index contributed by atoms with van der Waals surface area (Å²) in [6.45, 7) is 1.72. The molecule has 1 aliphatic rings. The Kier molecular flexibility index (Phi) is 3.65. The molecule has 104 valence electrons. The SMILES string of the molecule is COC1CCCN(c2nc3ccccc3cc2C=O)C1. The van der Waals surface area contributed by atoms with Crippen LogP contribution in [0, 0.1) is 0 Å². The highest BCUT2D eigenvalue weighted by molar-refractivity contribution is 5.91. The zero-order valence-electron chi connectivity index (χ0n) is 11.6. The van der Waals surface area contributed by atoms with Crippen LogP contribution in [0.5, 0.6) is 0 Å². The lowest BCUT2D eigenvalue weighted by Gasteiger charge is -2.33. The molecule has 0 amide bonds. The fourth-order valence-corrected chi connectivity index (χ4v) is 2.79. The molecule has 1 atom stereocenters. The predicted octanol–water partition coefficient (Wildman–Crippen LogP) is 2.66. The Morgan fingerprint density at radius 3 is 3.05 bits per heavy atom. The number of hydrogen-bond acceptors (Lipinski definition) is 4. The summed E-state index contributed by atoms with van der Waals surface area (Å²) in [4.78, 5) is 18.2. The Labute approximate surface area is 118 Å². The number of aromatic nitrogens is 1. The number of aldehydes is 1. The molecule has 0 N–H and O–H groups in total. The molecule has 0 bridgehead atoms. The van der Waals surface area contributed by atoms with Crippen LogP contribution in [0.25, 0.3) is 10.9 Å². The minimum absolute atomic E-state index is 0.219. The molecule has 0 radical (unpaired) electrons. The van der Waals surface area contributed by atoms with Crippen LogP contribution < -0.4 is 4.90 Å². The number of hydrogen-bond donors (Lipinski definition) is 0. The second kappa shape index (κ2) is 5.59. The summed E-state index contributed by atoms with van der Waals surface area (Å²) < 4.78 is 5.45. The maximum atomic E-state index is 11.4. The largest absolute Gasteiger partial charge is 0.380 e. The topological polar surface area (TPSA) is 42.4 Å². The van der Waals surface area contributed by atoms with Gasteiger partial charge in [-0.3, -0.25) is 4.79 Å². The molecule has 1 aromatic carbocycles. The zero-order chi connectivity index (χ0) is 13.9. The molecule has 1 unspecified atom stereocenters. The summed E-state index contributed by atoms with van der Waals surface area (Å²) in [7, 11) is 1.74. The molecule has 2 aromatic rings. The van der Waals surface area contributed by atoms with E-state index in [4.69, 9.17) is 4.74 Å². The van der Waals surface area contributed by atoms with Gasteiger partial charge in [-0.15, -0.1) is 0 Å². The van der Waals surface area contributed by atoms with Crippen molar-refractivity contribution >= 4 is 23.0 Å². The maximum Gasteiger partial charge on any atom is 0.153 e. The molecule has 1 aliphatic heterocycles. The van der Waals surface area contributed by atoms with Crippen molar-refractivity contribution in [1.82, 2.24) is 4.98 Å². The quantitative estimate of drug-likeness (QED) is 0.804. The smallest absolute Gasteiger partial charge is 0.153 e. The molecule has 20 heavy (non-hydrogen) atoms.